The molecule has 3 atom stereocenters. The van der Waals surface area contributed by atoms with Crippen molar-refractivity contribution >= 4 is 5.78 Å². The van der Waals surface area contributed by atoms with Gasteiger partial charge >= 0.3 is 0 Å². The lowest BCUT2D eigenvalue weighted by molar-refractivity contribution is -0.123. The van der Waals surface area contributed by atoms with Crippen LogP contribution in [-0.4, -0.2) is 20.9 Å². The molecule has 32 heavy (non-hydrogen) atoms. The predicted octanol–water partition coefficient (Wildman–Crippen LogP) is 5.32. The summed E-state index contributed by atoms with van der Waals surface area (Å²) in [6, 6.07) is 13.4. The molecule has 1 N–H and O–H groups in total. The largest absolute Gasteiger partial charge is 0.515 e. The van der Waals surface area contributed by atoms with Gasteiger partial charge in [0.15, 0.2) is 11.6 Å². The first kappa shape index (κ1) is 20.5. The smallest absolute Gasteiger partial charge is 0.165 e. The van der Waals surface area contributed by atoms with E-state index < -0.39 is 17.0 Å². The molecule has 0 amide bonds. The number of aliphatic hydroxyl groups excluding tert-OH is 1. The molecule has 0 bridgehead atoms. The number of hydrogen-bond acceptors (Lipinski definition) is 4. The van der Waals surface area contributed by atoms with Crippen molar-refractivity contribution in [1.82, 2.24) is 9.97 Å². The standard InChI is InChI=1S/C26H22F2N2O2/c1-15-19-11-10-16-13-29-25(22-20(27)8-5-9-21(22)28)30-24(16)26(19,12-17(14-31)23(15)32)18-6-3-2-4-7-18/h2-9,13-15,19,31H,10-12H2,1H3/t15-,19-,26+/m0/s1. The zero-order valence-electron chi connectivity index (χ0n) is 17.6. The average molecular weight is 432 g/mol. The second-order valence-corrected chi connectivity index (χ2v) is 8.63. The fraction of sp³-hybridized carbons (Fsp3) is 0.269. The van der Waals surface area contributed by atoms with Gasteiger partial charge in [-0.05, 0) is 48.4 Å². The Balaban J connectivity index is 1.80. The Morgan fingerprint density at radius 2 is 1.81 bits per heavy atom. The number of benzene rings is 2. The van der Waals surface area contributed by atoms with E-state index in [4.69, 9.17) is 4.98 Å². The van der Waals surface area contributed by atoms with Crippen LogP contribution in [0.15, 0.2) is 66.6 Å². The van der Waals surface area contributed by atoms with Crippen LogP contribution in [0.3, 0.4) is 0 Å². The third kappa shape index (κ3) is 2.89. The van der Waals surface area contributed by atoms with Gasteiger partial charge in [-0.2, -0.15) is 0 Å². The number of Topliss-reactive ketones (excluding diaryl/α,β-unsaturated/α-hetero) is 1. The van der Waals surface area contributed by atoms with Crippen LogP contribution in [-0.2, 0) is 16.6 Å². The van der Waals surface area contributed by atoms with Gasteiger partial charge in [-0.25, -0.2) is 18.7 Å². The molecule has 1 aromatic heterocycles. The summed E-state index contributed by atoms with van der Waals surface area (Å²) >= 11 is 0. The molecule has 4 nitrogen and oxygen atoms in total. The molecule has 0 unspecified atom stereocenters. The van der Waals surface area contributed by atoms with E-state index in [1.165, 1.54) is 18.2 Å². The predicted molar refractivity (Wildman–Crippen MR) is 116 cm³/mol. The number of rotatable bonds is 2. The van der Waals surface area contributed by atoms with E-state index >= 15 is 0 Å². The fourth-order valence-electron chi connectivity index (χ4n) is 5.59. The highest BCUT2D eigenvalue weighted by atomic mass is 19.1. The van der Waals surface area contributed by atoms with E-state index in [1.807, 2.05) is 37.3 Å². The van der Waals surface area contributed by atoms with Crippen LogP contribution in [0, 0.1) is 23.5 Å². The minimum atomic E-state index is -0.728. The van der Waals surface area contributed by atoms with Crippen LogP contribution >= 0.6 is 0 Å². The Labute approximate surface area is 184 Å². The highest BCUT2D eigenvalue weighted by Gasteiger charge is 2.54. The minimum Gasteiger partial charge on any atom is -0.515 e. The van der Waals surface area contributed by atoms with E-state index in [1.54, 1.807) is 6.20 Å². The molecule has 6 heteroatoms. The van der Waals surface area contributed by atoms with Gasteiger partial charge in [0, 0.05) is 23.1 Å². The third-order valence-corrected chi connectivity index (χ3v) is 7.08. The van der Waals surface area contributed by atoms with Gasteiger partial charge in [0.1, 0.15) is 11.6 Å². The van der Waals surface area contributed by atoms with Gasteiger partial charge in [-0.15, -0.1) is 0 Å². The first-order chi connectivity index (χ1) is 15.5. The number of aryl methyl sites for hydroxylation is 1. The van der Waals surface area contributed by atoms with Crippen molar-refractivity contribution < 1.29 is 18.7 Å². The SMILES string of the molecule is C[C@@H]1C(=O)C(=CO)C[C@]2(c3ccccc3)c3nc(-c4c(F)cccc4F)ncc3CC[C@@H]12. The summed E-state index contributed by atoms with van der Waals surface area (Å²) in [6.07, 6.45) is 4.24. The summed E-state index contributed by atoms with van der Waals surface area (Å²) in [5, 5.41) is 9.87. The van der Waals surface area contributed by atoms with Crippen molar-refractivity contribution in [3.63, 3.8) is 0 Å². The maximum atomic E-state index is 14.5. The maximum Gasteiger partial charge on any atom is 0.165 e. The lowest BCUT2D eigenvalue weighted by Gasteiger charge is -2.50. The molecule has 5 rings (SSSR count). The second kappa shape index (κ2) is 7.62. The number of carbonyl (C=O) groups excluding carboxylic acids is 1. The van der Waals surface area contributed by atoms with E-state index in [-0.39, 0.29) is 35.4 Å². The van der Waals surface area contributed by atoms with Crippen molar-refractivity contribution in [1.29, 1.82) is 0 Å². The van der Waals surface area contributed by atoms with Gasteiger partial charge in [0.05, 0.1) is 17.5 Å². The van der Waals surface area contributed by atoms with Gasteiger partial charge in [-0.1, -0.05) is 43.3 Å². The lowest BCUT2D eigenvalue weighted by atomic mass is 9.52. The molecule has 0 spiro atoms. The Bertz CT molecular complexity index is 1220. The van der Waals surface area contributed by atoms with E-state index in [0.29, 0.717) is 17.7 Å². The van der Waals surface area contributed by atoms with E-state index in [2.05, 4.69) is 4.98 Å². The number of allylic oxidation sites excluding steroid dienone is 1. The van der Waals surface area contributed by atoms with Gasteiger partial charge in [0.2, 0.25) is 0 Å². The van der Waals surface area contributed by atoms with Crippen molar-refractivity contribution in [3.05, 3.63) is 95.0 Å². The number of aliphatic hydroxyl groups is 1. The van der Waals surface area contributed by atoms with Crippen LogP contribution in [0.4, 0.5) is 8.78 Å². The molecule has 162 valence electrons. The van der Waals surface area contributed by atoms with Crippen molar-refractivity contribution in [2.75, 3.05) is 0 Å². The van der Waals surface area contributed by atoms with Crippen molar-refractivity contribution in [3.8, 4) is 11.4 Å². The summed E-state index contributed by atoms with van der Waals surface area (Å²) in [6.45, 7) is 1.89. The molecule has 0 radical (unpaired) electrons. The number of ketones is 1. The Kier molecular flexibility index (Phi) is 4.88. The Morgan fingerprint density at radius 3 is 2.50 bits per heavy atom. The molecular formula is C26H22F2N2O2. The number of hydrogen-bond donors (Lipinski definition) is 1. The number of carbonyl (C=O) groups is 1. The zero-order valence-corrected chi connectivity index (χ0v) is 17.6. The molecule has 0 saturated heterocycles. The molecule has 1 heterocycles. The molecule has 2 aliphatic rings. The fourth-order valence-corrected chi connectivity index (χ4v) is 5.59. The van der Waals surface area contributed by atoms with Gasteiger partial charge in [0.25, 0.3) is 0 Å². The highest BCUT2D eigenvalue weighted by Crippen LogP contribution is 2.55. The number of nitrogens with zero attached hydrogens (tertiary/aromatic N) is 2. The van der Waals surface area contributed by atoms with Crippen molar-refractivity contribution in [2.24, 2.45) is 11.8 Å². The summed E-state index contributed by atoms with van der Waals surface area (Å²) in [5.74, 6) is -1.94. The molecule has 0 aliphatic heterocycles. The molecule has 2 aromatic carbocycles. The average Bonchev–Trinajstić information content (AvgIpc) is 2.81. The second-order valence-electron chi connectivity index (χ2n) is 8.63. The van der Waals surface area contributed by atoms with Gasteiger partial charge < -0.3 is 5.11 Å². The van der Waals surface area contributed by atoms with Gasteiger partial charge in [-0.3, -0.25) is 4.79 Å². The number of halogens is 2. The quantitative estimate of drug-likeness (QED) is 0.440. The summed E-state index contributed by atoms with van der Waals surface area (Å²) in [4.78, 5) is 22.0. The molecule has 1 fully saturated rings. The zero-order chi connectivity index (χ0) is 22.5. The topological polar surface area (TPSA) is 63.1 Å². The van der Waals surface area contributed by atoms with Crippen molar-refractivity contribution in [2.45, 2.75) is 31.6 Å². The maximum absolute atomic E-state index is 14.5. The first-order valence-corrected chi connectivity index (χ1v) is 10.7. The van der Waals surface area contributed by atoms with E-state index in [0.717, 1.165) is 23.8 Å². The number of fused-ring (bicyclic) bond motifs is 3. The highest BCUT2D eigenvalue weighted by molar-refractivity contribution is 5.98. The molecular weight excluding hydrogens is 410 g/mol. The normalized spacial score (nSPS) is 26.0. The monoisotopic (exact) mass is 432 g/mol. The van der Waals surface area contributed by atoms with E-state index in [9.17, 15) is 18.7 Å². The molecule has 2 aliphatic carbocycles. The van der Waals surface area contributed by atoms with Crippen LogP contribution in [0.5, 0.6) is 0 Å². The summed E-state index contributed by atoms with van der Waals surface area (Å²) < 4.78 is 29.1. The van der Waals surface area contributed by atoms with Crippen LogP contribution in [0.1, 0.15) is 36.6 Å². The van der Waals surface area contributed by atoms with Crippen LogP contribution < -0.4 is 0 Å². The Hall–Kier alpha value is -3.41. The molecule has 3 aromatic rings. The third-order valence-electron chi connectivity index (χ3n) is 7.08. The van der Waals surface area contributed by atoms with Crippen LogP contribution in [0.25, 0.3) is 11.4 Å². The molecule has 1 saturated carbocycles. The summed E-state index contributed by atoms with van der Waals surface area (Å²) in [5.41, 5.74) is 1.89. The Morgan fingerprint density at radius 1 is 1.09 bits per heavy atom. The van der Waals surface area contributed by atoms with Crippen LogP contribution in [0.2, 0.25) is 0 Å². The minimum absolute atomic E-state index is 0.0191. The summed E-state index contributed by atoms with van der Waals surface area (Å²) in [7, 11) is 0. The first-order valence-electron chi connectivity index (χ1n) is 10.7. The number of aromatic nitrogens is 2. The lowest BCUT2D eigenvalue weighted by Crippen LogP contribution is -2.51.